The van der Waals surface area contributed by atoms with Gasteiger partial charge in [0, 0.05) is 12.1 Å². The van der Waals surface area contributed by atoms with Crippen LogP contribution in [0, 0.1) is 17.3 Å². The number of nitro benzene ring substituents is 1. The zero-order valence-electron chi connectivity index (χ0n) is 21.4. The number of nitrogens with zero attached hydrogens (tertiary/aromatic N) is 3. The largest absolute Gasteiger partial charge is 0.487 e. The van der Waals surface area contributed by atoms with E-state index in [0.29, 0.717) is 22.6 Å². The maximum absolute atomic E-state index is 13.6. The molecule has 0 radical (unpaired) electrons. The van der Waals surface area contributed by atoms with Crippen molar-refractivity contribution in [3.05, 3.63) is 100 Å². The van der Waals surface area contributed by atoms with Crippen molar-refractivity contribution in [1.29, 1.82) is 0 Å². The molecule has 0 spiro atoms. The first-order valence-electron chi connectivity index (χ1n) is 12.0. The van der Waals surface area contributed by atoms with E-state index in [1.807, 2.05) is 43.3 Å². The van der Waals surface area contributed by atoms with Crippen LogP contribution in [0.4, 0.5) is 11.4 Å². The Morgan fingerprint density at radius 1 is 1.07 bits per heavy atom. The summed E-state index contributed by atoms with van der Waals surface area (Å²) < 4.78 is 12.4. The molecule has 206 valence electrons. The normalized spacial score (nSPS) is 14.2. The molecule has 1 aliphatic rings. The van der Waals surface area contributed by atoms with E-state index in [-0.39, 0.29) is 35.6 Å². The van der Waals surface area contributed by atoms with Gasteiger partial charge in [-0.2, -0.15) is 0 Å². The fourth-order valence-corrected chi connectivity index (χ4v) is 6.49. The minimum absolute atomic E-state index is 0.00142. The molecule has 0 aliphatic carbocycles. The minimum Gasteiger partial charge on any atom is -0.487 e. The molecule has 0 atom stereocenters. The van der Waals surface area contributed by atoms with Gasteiger partial charge in [0.15, 0.2) is 5.11 Å². The molecule has 4 rings (SSSR count). The maximum Gasteiger partial charge on any atom is 0.325 e. The molecule has 1 amide bonds. The van der Waals surface area contributed by atoms with E-state index in [1.54, 1.807) is 18.2 Å². The molecule has 40 heavy (non-hydrogen) atoms. The predicted molar refractivity (Wildman–Crippen MR) is 172 cm³/mol. The number of non-ortho nitro benzene ring substituents is 1. The van der Waals surface area contributed by atoms with Gasteiger partial charge in [-0.1, -0.05) is 31.2 Å². The summed E-state index contributed by atoms with van der Waals surface area (Å²) in [5.74, 6) is -0.264. The summed E-state index contributed by atoms with van der Waals surface area (Å²) in [6, 6.07) is 17.5. The Hall–Kier alpha value is -3.11. The van der Waals surface area contributed by atoms with Gasteiger partial charge in [0.1, 0.15) is 24.6 Å². The molecule has 12 heteroatoms. The summed E-state index contributed by atoms with van der Waals surface area (Å²) in [7, 11) is 1.28. The smallest absolute Gasteiger partial charge is 0.325 e. The summed E-state index contributed by atoms with van der Waals surface area (Å²) in [4.78, 5) is 39.4. The number of carbonyl (C=O) groups excluding carboxylic acids is 2. The number of amides is 1. The topological polar surface area (TPSA) is 102 Å². The highest BCUT2D eigenvalue weighted by molar-refractivity contribution is 14.1. The van der Waals surface area contributed by atoms with Crippen molar-refractivity contribution in [2.75, 3.05) is 18.6 Å². The van der Waals surface area contributed by atoms with Gasteiger partial charge in [-0.05, 0) is 111 Å². The van der Waals surface area contributed by atoms with Crippen LogP contribution in [-0.4, -0.2) is 40.5 Å². The Balaban J connectivity index is 1.64. The third-order valence-electron chi connectivity index (χ3n) is 6.08. The highest BCUT2D eigenvalue weighted by atomic mass is 127. The molecule has 1 heterocycles. The highest BCUT2D eigenvalue weighted by Gasteiger charge is 2.40. The van der Waals surface area contributed by atoms with Crippen LogP contribution in [0.2, 0.25) is 0 Å². The van der Waals surface area contributed by atoms with E-state index in [0.717, 1.165) is 19.1 Å². The summed E-state index contributed by atoms with van der Waals surface area (Å²) in [6.45, 7) is 1.99. The zero-order chi connectivity index (χ0) is 29.0. The van der Waals surface area contributed by atoms with E-state index in [4.69, 9.17) is 21.7 Å². The average Bonchev–Trinajstić information content (AvgIpc) is 3.16. The molecule has 9 nitrogen and oxygen atoms in total. The van der Waals surface area contributed by atoms with Crippen molar-refractivity contribution in [1.82, 2.24) is 4.90 Å². The number of methoxy groups -OCH3 is 1. The van der Waals surface area contributed by atoms with Gasteiger partial charge in [0.25, 0.3) is 11.6 Å². The van der Waals surface area contributed by atoms with E-state index in [9.17, 15) is 19.7 Å². The van der Waals surface area contributed by atoms with Crippen LogP contribution in [0.15, 0.2) is 66.4 Å². The van der Waals surface area contributed by atoms with Gasteiger partial charge in [0.2, 0.25) is 0 Å². The Morgan fingerprint density at radius 3 is 2.35 bits per heavy atom. The Labute approximate surface area is 263 Å². The number of ether oxygens (including phenoxy) is 2. The monoisotopic (exact) mass is 783 g/mol. The molecule has 3 aromatic carbocycles. The van der Waals surface area contributed by atoms with Crippen LogP contribution in [-0.2, 0) is 27.4 Å². The number of hydrogen-bond acceptors (Lipinski definition) is 7. The molecule has 0 bridgehead atoms. The van der Waals surface area contributed by atoms with Crippen LogP contribution in [0.3, 0.4) is 0 Å². The number of carbonyl (C=O) groups is 2. The number of anilines is 1. The number of aryl methyl sites for hydroxylation is 1. The lowest BCUT2D eigenvalue weighted by molar-refractivity contribution is -0.384. The molecular weight excluding hydrogens is 760 g/mol. The van der Waals surface area contributed by atoms with Crippen LogP contribution < -0.4 is 9.64 Å². The van der Waals surface area contributed by atoms with Gasteiger partial charge >= 0.3 is 5.97 Å². The second-order valence-corrected chi connectivity index (χ2v) is 11.4. The van der Waals surface area contributed by atoms with Crippen LogP contribution in [0.25, 0.3) is 6.08 Å². The van der Waals surface area contributed by atoms with Crippen molar-refractivity contribution in [2.45, 2.75) is 20.0 Å². The van der Waals surface area contributed by atoms with Gasteiger partial charge in [-0.15, -0.1) is 0 Å². The Bertz CT molecular complexity index is 1500. The molecule has 0 saturated carbocycles. The second-order valence-electron chi connectivity index (χ2n) is 8.66. The molecule has 0 aromatic heterocycles. The lowest BCUT2D eigenvalue weighted by atomic mass is 10.1. The SMILES string of the molecule is CCc1ccc(N2C(=O)/C(=C/c3cc(I)c(OCc4cccc([N+](=O)[O-])c4)c(I)c3)N(CC(=O)OC)C2=S)cc1. The molecular formula is C28H23I2N3O6S. The predicted octanol–water partition coefficient (Wildman–Crippen LogP) is 6.09. The number of halogens is 2. The van der Waals surface area contributed by atoms with E-state index < -0.39 is 10.9 Å². The second kappa shape index (κ2) is 13.0. The lowest BCUT2D eigenvalue weighted by Crippen LogP contribution is -2.35. The molecule has 1 saturated heterocycles. The first kappa shape index (κ1) is 29.9. The quantitative estimate of drug-likeness (QED) is 0.0642. The van der Waals surface area contributed by atoms with Crippen LogP contribution in [0.1, 0.15) is 23.6 Å². The van der Waals surface area contributed by atoms with Gasteiger partial charge in [-0.3, -0.25) is 24.6 Å². The Morgan fingerprint density at radius 2 is 1.75 bits per heavy atom. The summed E-state index contributed by atoms with van der Waals surface area (Å²) >= 11 is 9.92. The third-order valence-corrected chi connectivity index (χ3v) is 8.09. The first-order chi connectivity index (χ1) is 19.1. The van der Waals surface area contributed by atoms with Crippen LogP contribution >= 0.6 is 57.4 Å². The van der Waals surface area contributed by atoms with Crippen molar-refractivity contribution >= 4 is 91.8 Å². The first-order valence-corrected chi connectivity index (χ1v) is 14.6. The summed E-state index contributed by atoms with van der Waals surface area (Å²) in [6.07, 6.45) is 2.55. The fraction of sp³-hybridized carbons (Fsp3) is 0.179. The number of nitro groups is 1. The molecule has 0 unspecified atom stereocenters. The van der Waals surface area contributed by atoms with Crippen molar-refractivity contribution < 1.29 is 24.0 Å². The Kier molecular flexibility index (Phi) is 9.73. The zero-order valence-corrected chi connectivity index (χ0v) is 26.6. The molecule has 3 aromatic rings. The molecule has 1 fully saturated rings. The number of thiocarbonyl (C=S) groups is 1. The molecule has 1 aliphatic heterocycles. The summed E-state index contributed by atoms with van der Waals surface area (Å²) in [5, 5.41) is 11.3. The van der Waals surface area contributed by atoms with Gasteiger partial charge < -0.3 is 14.4 Å². The number of esters is 1. The van der Waals surface area contributed by atoms with Gasteiger partial charge in [0.05, 0.1) is 24.9 Å². The number of benzene rings is 3. The summed E-state index contributed by atoms with van der Waals surface area (Å²) in [5.41, 5.74) is 3.36. The maximum atomic E-state index is 13.6. The van der Waals surface area contributed by atoms with E-state index in [2.05, 4.69) is 45.2 Å². The van der Waals surface area contributed by atoms with Crippen molar-refractivity contribution in [3.8, 4) is 5.75 Å². The van der Waals surface area contributed by atoms with E-state index in [1.165, 1.54) is 29.0 Å². The average molecular weight is 783 g/mol. The number of rotatable bonds is 9. The fourth-order valence-electron chi connectivity index (χ4n) is 4.01. The molecule has 0 N–H and O–H groups in total. The standard InChI is InChI=1S/C28H23I2N3O6S/c1-3-17-7-9-20(10-8-17)32-27(35)24(31(28(32)40)15-25(34)38-2)14-19-12-22(29)26(23(30)13-19)39-16-18-5-4-6-21(11-18)33(36)37/h4-14H,3,15-16H2,1-2H3/b24-14-. The number of hydrogen-bond donors (Lipinski definition) is 0. The van der Waals surface area contributed by atoms with Gasteiger partial charge in [-0.25, -0.2) is 0 Å². The lowest BCUT2D eigenvalue weighted by Gasteiger charge is -2.19. The minimum atomic E-state index is -0.529. The third kappa shape index (κ3) is 6.61. The van der Waals surface area contributed by atoms with Crippen molar-refractivity contribution in [3.63, 3.8) is 0 Å². The van der Waals surface area contributed by atoms with Crippen molar-refractivity contribution in [2.24, 2.45) is 0 Å². The van der Waals surface area contributed by atoms with E-state index >= 15 is 0 Å². The highest BCUT2D eigenvalue weighted by Crippen LogP contribution is 2.33. The van der Waals surface area contributed by atoms with Crippen LogP contribution in [0.5, 0.6) is 5.75 Å².